The minimum Gasteiger partial charge on any atom is -0.393 e. The van der Waals surface area contributed by atoms with Crippen molar-refractivity contribution in [3.63, 3.8) is 0 Å². The Bertz CT molecular complexity index is 332. The maximum absolute atomic E-state index is 10.0. The van der Waals surface area contributed by atoms with Crippen LogP contribution in [0.3, 0.4) is 0 Å². The largest absolute Gasteiger partial charge is 0.393 e. The first-order valence-electron chi connectivity index (χ1n) is 6.59. The van der Waals surface area contributed by atoms with Crippen LogP contribution in [-0.4, -0.2) is 19.3 Å². The van der Waals surface area contributed by atoms with Gasteiger partial charge in [0.1, 0.15) is 0 Å². The van der Waals surface area contributed by atoms with E-state index in [0.29, 0.717) is 11.5 Å². The lowest BCUT2D eigenvalue weighted by Crippen LogP contribution is -2.46. The first kappa shape index (κ1) is 14.5. The minimum atomic E-state index is -1.45. The summed E-state index contributed by atoms with van der Waals surface area (Å²) in [6, 6.07) is 10.8. The zero-order valence-corrected chi connectivity index (χ0v) is 12.8. The zero-order valence-electron chi connectivity index (χ0n) is 11.8. The van der Waals surface area contributed by atoms with Crippen molar-refractivity contribution in [3.8, 4) is 0 Å². The van der Waals surface area contributed by atoms with E-state index in [0.717, 1.165) is 6.42 Å². The van der Waals surface area contributed by atoms with E-state index >= 15 is 0 Å². The van der Waals surface area contributed by atoms with Gasteiger partial charge in [0.2, 0.25) is 0 Å². The molecule has 0 radical (unpaired) electrons. The molecular weight excluding hydrogens is 224 g/mol. The van der Waals surface area contributed by atoms with E-state index in [1.54, 1.807) is 0 Å². The van der Waals surface area contributed by atoms with Crippen LogP contribution in [0.25, 0.3) is 0 Å². The molecule has 1 N–H and O–H groups in total. The van der Waals surface area contributed by atoms with Crippen molar-refractivity contribution in [2.24, 2.45) is 5.92 Å². The molecule has 2 heteroatoms. The second-order valence-electron chi connectivity index (χ2n) is 6.04. The third kappa shape index (κ3) is 3.68. The van der Waals surface area contributed by atoms with Gasteiger partial charge in [0.25, 0.3) is 0 Å². The van der Waals surface area contributed by atoms with Crippen LogP contribution in [0.2, 0.25) is 18.6 Å². The molecule has 1 nitrogen and oxygen atoms in total. The summed E-state index contributed by atoms with van der Waals surface area (Å²) in [7, 11) is -1.45. The first-order valence-corrected chi connectivity index (χ1v) is 9.67. The van der Waals surface area contributed by atoms with Gasteiger partial charge in [-0.15, -0.1) is 0 Å². The van der Waals surface area contributed by atoms with Crippen LogP contribution in [0.15, 0.2) is 30.3 Å². The summed E-state index contributed by atoms with van der Waals surface area (Å²) in [6.07, 6.45) is 0.756. The molecule has 0 amide bonds. The van der Waals surface area contributed by atoms with E-state index in [1.165, 1.54) is 5.19 Å². The number of aliphatic hydroxyl groups excluding tert-OH is 1. The zero-order chi connectivity index (χ0) is 13.1. The number of rotatable bonds is 5. The van der Waals surface area contributed by atoms with Crippen molar-refractivity contribution in [1.29, 1.82) is 0 Å². The van der Waals surface area contributed by atoms with Crippen LogP contribution in [0.4, 0.5) is 0 Å². The Morgan fingerprint density at radius 1 is 1.06 bits per heavy atom. The quantitative estimate of drug-likeness (QED) is 0.794. The van der Waals surface area contributed by atoms with E-state index in [-0.39, 0.29) is 6.10 Å². The number of aliphatic hydroxyl groups is 1. The molecule has 17 heavy (non-hydrogen) atoms. The first-order chi connectivity index (χ1) is 7.85. The third-order valence-electron chi connectivity index (χ3n) is 4.11. The van der Waals surface area contributed by atoms with Crippen LogP contribution in [0, 0.1) is 5.92 Å². The fourth-order valence-corrected chi connectivity index (χ4v) is 4.53. The summed E-state index contributed by atoms with van der Waals surface area (Å²) in [6.45, 7) is 11.3. The second kappa shape index (κ2) is 5.83. The molecular formula is C15H26OSi. The van der Waals surface area contributed by atoms with Gasteiger partial charge in [-0.05, 0) is 17.9 Å². The molecule has 0 aliphatic rings. The fourth-order valence-electron chi connectivity index (χ4n) is 2.08. The van der Waals surface area contributed by atoms with Gasteiger partial charge in [0.05, 0.1) is 14.2 Å². The highest BCUT2D eigenvalue weighted by molar-refractivity contribution is 6.90. The lowest BCUT2D eigenvalue weighted by molar-refractivity contribution is 0.115. The van der Waals surface area contributed by atoms with E-state index in [4.69, 9.17) is 0 Å². The van der Waals surface area contributed by atoms with Gasteiger partial charge in [-0.3, -0.25) is 0 Å². The van der Waals surface area contributed by atoms with Crippen molar-refractivity contribution >= 4 is 13.3 Å². The minimum absolute atomic E-state index is 0.166. The molecule has 0 unspecified atom stereocenters. The van der Waals surface area contributed by atoms with E-state index in [2.05, 4.69) is 64.2 Å². The van der Waals surface area contributed by atoms with Crippen LogP contribution < -0.4 is 5.19 Å². The topological polar surface area (TPSA) is 20.2 Å². The van der Waals surface area contributed by atoms with Crippen molar-refractivity contribution in [1.82, 2.24) is 0 Å². The highest BCUT2D eigenvalue weighted by atomic mass is 28.3. The molecule has 1 aromatic carbocycles. The van der Waals surface area contributed by atoms with Crippen molar-refractivity contribution < 1.29 is 5.11 Å². The average molecular weight is 250 g/mol. The molecule has 0 aliphatic carbocycles. The average Bonchev–Trinajstić information content (AvgIpc) is 2.29. The maximum atomic E-state index is 10.0. The van der Waals surface area contributed by atoms with Crippen molar-refractivity contribution in [2.45, 2.75) is 51.9 Å². The van der Waals surface area contributed by atoms with Gasteiger partial charge in [-0.2, -0.15) is 0 Å². The predicted molar refractivity (Wildman–Crippen MR) is 78.4 cm³/mol. The molecule has 0 fully saturated rings. The molecule has 0 aromatic heterocycles. The van der Waals surface area contributed by atoms with Gasteiger partial charge in [-0.1, -0.05) is 69.4 Å². The Morgan fingerprint density at radius 3 is 2.06 bits per heavy atom. The van der Waals surface area contributed by atoms with Crippen LogP contribution in [0.5, 0.6) is 0 Å². The third-order valence-corrected chi connectivity index (χ3v) is 8.64. The fraction of sp³-hybridized carbons (Fsp3) is 0.600. The van der Waals surface area contributed by atoms with E-state index in [1.807, 2.05) is 0 Å². The van der Waals surface area contributed by atoms with Gasteiger partial charge >= 0.3 is 0 Å². The van der Waals surface area contributed by atoms with E-state index < -0.39 is 8.07 Å². The van der Waals surface area contributed by atoms with Gasteiger partial charge in [0.15, 0.2) is 0 Å². The molecule has 0 saturated heterocycles. The lowest BCUT2D eigenvalue weighted by atomic mass is 10.0. The van der Waals surface area contributed by atoms with E-state index in [9.17, 15) is 5.11 Å². The number of hydrogen-bond donors (Lipinski definition) is 1. The normalized spacial score (nSPS) is 15.9. The Morgan fingerprint density at radius 2 is 1.59 bits per heavy atom. The Balaban J connectivity index is 2.77. The summed E-state index contributed by atoms with van der Waals surface area (Å²) in [5.74, 6) is 0.359. The van der Waals surface area contributed by atoms with Gasteiger partial charge in [-0.25, -0.2) is 0 Å². The summed E-state index contributed by atoms with van der Waals surface area (Å²) in [5.41, 5.74) is 0.599. The molecule has 1 rings (SSSR count). The second-order valence-corrected chi connectivity index (χ2v) is 11.0. The Hall–Kier alpha value is -0.603. The molecule has 0 saturated carbocycles. The molecule has 0 aliphatic heterocycles. The summed E-state index contributed by atoms with van der Waals surface area (Å²) >= 11 is 0. The molecule has 0 heterocycles. The van der Waals surface area contributed by atoms with Crippen molar-refractivity contribution in [2.75, 3.05) is 0 Å². The van der Waals surface area contributed by atoms with Gasteiger partial charge < -0.3 is 5.11 Å². The molecule has 2 atom stereocenters. The number of hydrogen-bond acceptors (Lipinski definition) is 1. The summed E-state index contributed by atoms with van der Waals surface area (Å²) in [4.78, 5) is 0. The highest BCUT2D eigenvalue weighted by Crippen LogP contribution is 2.28. The molecule has 0 bridgehead atoms. The molecule has 96 valence electrons. The Kier molecular flexibility index (Phi) is 4.96. The van der Waals surface area contributed by atoms with Gasteiger partial charge in [0, 0.05) is 0 Å². The summed E-state index contributed by atoms with van der Waals surface area (Å²) < 4.78 is 0. The van der Waals surface area contributed by atoms with Crippen LogP contribution in [0.1, 0.15) is 27.2 Å². The molecule has 0 spiro atoms. The van der Waals surface area contributed by atoms with Crippen molar-refractivity contribution in [3.05, 3.63) is 30.3 Å². The smallest absolute Gasteiger partial charge is 0.0835 e. The van der Waals surface area contributed by atoms with Crippen LogP contribution >= 0.6 is 0 Å². The molecule has 1 aromatic rings. The Labute approximate surface area is 107 Å². The monoisotopic (exact) mass is 250 g/mol. The number of benzene rings is 1. The standard InChI is InChI=1S/C15H26OSi/c1-12(2)15(16)11-13(3)17(4,5)14-9-7-6-8-10-14/h6-10,12-13,15-16H,11H2,1-5H3/t13-,15-/m0/s1. The lowest BCUT2D eigenvalue weighted by Gasteiger charge is -2.32. The predicted octanol–water partition coefficient (Wildman–Crippen LogP) is 3.40. The van der Waals surface area contributed by atoms with Crippen LogP contribution in [-0.2, 0) is 0 Å². The summed E-state index contributed by atoms with van der Waals surface area (Å²) in [5, 5.41) is 11.5. The highest BCUT2D eigenvalue weighted by Gasteiger charge is 2.31. The SMILES string of the molecule is CC(C)[C@@H](O)C[C@H](C)[Si](C)(C)c1ccccc1. The maximum Gasteiger partial charge on any atom is 0.0835 e.